The maximum Gasteiger partial charge on any atom is 0.261 e. The normalized spacial score (nSPS) is 12.1. The molecule has 2 aromatic rings. The molecule has 0 atom stereocenters. The first-order chi connectivity index (χ1) is 10.1. The molecule has 0 amide bonds. The molecule has 0 aliphatic heterocycles. The minimum absolute atomic E-state index is 0.0284. The molecule has 0 unspecified atom stereocenters. The van der Waals surface area contributed by atoms with Crippen molar-refractivity contribution >= 4 is 37.1 Å². The van der Waals surface area contributed by atoms with Crippen molar-refractivity contribution in [1.82, 2.24) is 0 Å². The van der Waals surface area contributed by atoms with Crippen molar-refractivity contribution in [1.29, 1.82) is 0 Å². The first kappa shape index (κ1) is 16.8. The highest BCUT2D eigenvalue weighted by molar-refractivity contribution is 7.92. The van der Waals surface area contributed by atoms with Gasteiger partial charge in [-0.15, -0.1) is 0 Å². The smallest absolute Gasteiger partial charge is 0.261 e. The zero-order valence-corrected chi connectivity index (χ0v) is 14.3. The molecule has 0 heterocycles. The van der Waals surface area contributed by atoms with Crippen molar-refractivity contribution in [2.75, 3.05) is 11.0 Å². The molecular weight excluding hydrogens is 346 g/mol. The van der Waals surface area contributed by atoms with E-state index in [1.807, 2.05) is 0 Å². The van der Waals surface area contributed by atoms with Gasteiger partial charge in [-0.25, -0.2) is 16.8 Å². The van der Waals surface area contributed by atoms with Gasteiger partial charge in [0.25, 0.3) is 10.0 Å². The number of halogens is 1. The molecule has 5 nitrogen and oxygen atoms in total. The van der Waals surface area contributed by atoms with Crippen molar-refractivity contribution in [3.63, 3.8) is 0 Å². The monoisotopic (exact) mass is 359 g/mol. The van der Waals surface area contributed by atoms with Crippen LogP contribution in [0.15, 0.2) is 52.3 Å². The summed E-state index contributed by atoms with van der Waals surface area (Å²) in [6.45, 7) is 1.75. The maximum absolute atomic E-state index is 12.3. The number of nitrogens with one attached hydrogen (secondary N) is 1. The lowest BCUT2D eigenvalue weighted by Crippen LogP contribution is -2.14. The van der Waals surface area contributed by atoms with Crippen molar-refractivity contribution in [2.24, 2.45) is 0 Å². The number of hydrogen-bond acceptors (Lipinski definition) is 4. The van der Waals surface area contributed by atoms with Crippen LogP contribution in [0.25, 0.3) is 0 Å². The van der Waals surface area contributed by atoms with Gasteiger partial charge < -0.3 is 0 Å². The van der Waals surface area contributed by atoms with E-state index in [-0.39, 0.29) is 9.79 Å². The summed E-state index contributed by atoms with van der Waals surface area (Å²) in [6, 6.07) is 9.89. The Morgan fingerprint density at radius 1 is 0.909 bits per heavy atom. The molecule has 2 aromatic carbocycles. The molecule has 22 heavy (non-hydrogen) atoms. The zero-order valence-electron chi connectivity index (χ0n) is 11.9. The highest BCUT2D eigenvalue weighted by Gasteiger charge is 2.16. The molecule has 0 saturated carbocycles. The quantitative estimate of drug-likeness (QED) is 0.910. The topological polar surface area (TPSA) is 80.3 Å². The molecule has 0 aliphatic carbocycles. The van der Waals surface area contributed by atoms with Crippen LogP contribution < -0.4 is 4.72 Å². The minimum Gasteiger partial charge on any atom is -0.279 e. The molecule has 0 spiro atoms. The van der Waals surface area contributed by atoms with Crippen LogP contribution in [0, 0.1) is 6.92 Å². The van der Waals surface area contributed by atoms with E-state index in [1.165, 1.54) is 30.3 Å². The van der Waals surface area contributed by atoms with Crippen molar-refractivity contribution < 1.29 is 16.8 Å². The van der Waals surface area contributed by atoms with Gasteiger partial charge in [-0.2, -0.15) is 0 Å². The maximum atomic E-state index is 12.3. The standard InChI is InChI=1S/C14H14ClNO4S2/c1-10-3-4-11(15)9-14(10)16-22(19,20)13-7-5-12(6-8-13)21(2,17)18/h3-9,16H,1-2H3. The Balaban J connectivity index is 2.37. The Morgan fingerprint density at radius 3 is 2.00 bits per heavy atom. The van der Waals surface area contributed by atoms with E-state index in [0.29, 0.717) is 10.7 Å². The molecular formula is C14H14ClNO4S2. The van der Waals surface area contributed by atoms with Crippen LogP contribution in [-0.2, 0) is 19.9 Å². The number of anilines is 1. The number of sulfone groups is 1. The van der Waals surface area contributed by atoms with Gasteiger partial charge in [0.2, 0.25) is 0 Å². The summed E-state index contributed by atoms with van der Waals surface area (Å²) in [6.07, 6.45) is 1.06. The predicted molar refractivity (Wildman–Crippen MR) is 86.5 cm³/mol. The van der Waals surface area contributed by atoms with E-state index in [1.54, 1.807) is 19.1 Å². The fourth-order valence-corrected chi connectivity index (χ4v) is 3.70. The fraction of sp³-hybridized carbons (Fsp3) is 0.143. The van der Waals surface area contributed by atoms with Crippen LogP contribution in [0.2, 0.25) is 5.02 Å². The second-order valence-corrected chi connectivity index (χ2v) is 8.94. The Hall–Kier alpha value is -1.57. The average molecular weight is 360 g/mol. The fourth-order valence-electron chi connectivity index (χ4n) is 1.77. The number of benzene rings is 2. The molecule has 0 aliphatic rings. The molecule has 118 valence electrons. The zero-order chi connectivity index (χ0) is 16.5. The van der Waals surface area contributed by atoms with E-state index in [4.69, 9.17) is 11.6 Å². The van der Waals surface area contributed by atoms with E-state index < -0.39 is 19.9 Å². The third kappa shape index (κ3) is 3.79. The van der Waals surface area contributed by atoms with Gasteiger partial charge in [0, 0.05) is 11.3 Å². The van der Waals surface area contributed by atoms with Gasteiger partial charge in [0.05, 0.1) is 15.5 Å². The molecule has 0 saturated heterocycles. The lowest BCUT2D eigenvalue weighted by atomic mass is 10.2. The molecule has 0 bridgehead atoms. The number of sulfonamides is 1. The number of rotatable bonds is 4. The second kappa shape index (κ2) is 5.91. The van der Waals surface area contributed by atoms with Crippen LogP contribution in [0.1, 0.15) is 5.56 Å². The highest BCUT2D eigenvalue weighted by atomic mass is 35.5. The Morgan fingerprint density at radius 2 is 1.45 bits per heavy atom. The summed E-state index contributed by atoms with van der Waals surface area (Å²) in [4.78, 5) is 0.0321. The summed E-state index contributed by atoms with van der Waals surface area (Å²) in [7, 11) is -7.19. The van der Waals surface area contributed by atoms with E-state index >= 15 is 0 Å². The van der Waals surface area contributed by atoms with Crippen LogP contribution in [0.4, 0.5) is 5.69 Å². The molecule has 0 fully saturated rings. The Bertz CT molecular complexity index is 904. The molecule has 0 aromatic heterocycles. The number of aryl methyl sites for hydroxylation is 1. The van der Waals surface area contributed by atoms with Crippen molar-refractivity contribution in [2.45, 2.75) is 16.7 Å². The van der Waals surface area contributed by atoms with Gasteiger partial charge in [-0.3, -0.25) is 4.72 Å². The highest BCUT2D eigenvalue weighted by Crippen LogP contribution is 2.24. The van der Waals surface area contributed by atoms with E-state index in [9.17, 15) is 16.8 Å². The summed E-state index contributed by atoms with van der Waals surface area (Å²) in [5.41, 5.74) is 1.10. The van der Waals surface area contributed by atoms with Gasteiger partial charge in [-0.1, -0.05) is 17.7 Å². The van der Waals surface area contributed by atoms with E-state index in [0.717, 1.165) is 11.8 Å². The van der Waals surface area contributed by atoms with Crippen LogP contribution in [0.3, 0.4) is 0 Å². The Labute approximate surface area is 134 Å². The van der Waals surface area contributed by atoms with Crippen molar-refractivity contribution in [3.8, 4) is 0 Å². The van der Waals surface area contributed by atoms with E-state index in [2.05, 4.69) is 4.72 Å². The van der Waals surface area contributed by atoms with Gasteiger partial charge in [-0.05, 0) is 48.9 Å². The van der Waals surface area contributed by atoms with Gasteiger partial charge in [0.15, 0.2) is 9.84 Å². The minimum atomic E-state index is -3.82. The van der Waals surface area contributed by atoms with Crippen LogP contribution in [0.5, 0.6) is 0 Å². The van der Waals surface area contributed by atoms with Gasteiger partial charge in [0.1, 0.15) is 0 Å². The third-order valence-electron chi connectivity index (χ3n) is 3.01. The van der Waals surface area contributed by atoms with Gasteiger partial charge >= 0.3 is 0 Å². The SMILES string of the molecule is Cc1ccc(Cl)cc1NS(=O)(=O)c1ccc(S(C)(=O)=O)cc1. The lowest BCUT2D eigenvalue weighted by molar-refractivity contribution is 0.597. The first-order valence-electron chi connectivity index (χ1n) is 6.19. The summed E-state index contributed by atoms with van der Waals surface area (Å²) in [5, 5.41) is 0.413. The van der Waals surface area contributed by atoms with Crippen molar-refractivity contribution in [3.05, 3.63) is 53.1 Å². The summed E-state index contributed by atoms with van der Waals surface area (Å²) < 4.78 is 49.9. The lowest BCUT2D eigenvalue weighted by Gasteiger charge is -2.11. The third-order valence-corrected chi connectivity index (χ3v) is 5.75. The molecule has 2 rings (SSSR count). The first-order valence-corrected chi connectivity index (χ1v) is 9.94. The average Bonchev–Trinajstić information content (AvgIpc) is 2.42. The largest absolute Gasteiger partial charge is 0.279 e. The molecule has 0 radical (unpaired) electrons. The summed E-state index contributed by atoms with van der Waals surface area (Å²) in [5.74, 6) is 0. The molecule has 8 heteroatoms. The molecule has 1 N–H and O–H groups in total. The predicted octanol–water partition coefficient (Wildman–Crippen LogP) is 2.85. The summed E-state index contributed by atoms with van der Waals surface area (Å²) >= 11 is 5.86. The van der Waals surface area contributed by atoms with Crippen LogP contribution in [-0.4, -0.2) is 23.1 Å². The number of hydrogen-bond donors (Lipinski definition) is 1. The van der Waals surface area contributed by atoms with Crippen LogP contribution >= 0.6 is 11.6 Å². The Kier molecular flexibility index (Phi) is 4.51. The second-order valence-electron chi connectivity index (χ2n) is 4.81.